The van der Waals surface area contributed by atoms with Crippen molar-refractivity contribution in [1.82, 2.24) is 20.4 Å². The number of nitrogens with zero attached hydrogens (tertiary/aromatic N) is 2. The predicted molar refractivity (Wildman–Crippen MR) is 150 cm³/mol. The van der Waals surface area contributed by atoms with Crippen LogP contribution in [-0.4, -0.2) is 53.1 Å². The summed E-state index contributed by atoms with van der Waals surface area (Å²) in [6.45, 7) is 3.77. The molecular formula is C29H32FN5O7. The van der Waals surface area contributed by atoms with E-state index in [1.54, 1.807) is 19.1 Å². The molecule has 3 aromatic rings. The first kappa shape index (κ1) is 31.5. The van der Waals surface area contributed by atoms with Crippen LogP contribution in [0.1, 0.15) is 34.7 Å². The molecule has 3 N–H and O–H groups in total. The number of ether oxygens (including phenoxy) is 1. The number of anilines is 1. The number of rotatable bonds is 9. The van der Waals surface area contributed by atoms with Gasteiger partial charge in [0.05, 0.1) is 7.11 Å². The van der Waals surface area contributed by atoms with Gasteiger partial charge in [0.15, 0.2) is 5.69 Å². The lowest BCUT2D eigenvalue weighted by molar-refractivity contribution is -0.135. The molecule has 1 aromatic carbocycles. The molecule has 42 heavy (non-hydrogen) atoms. The van der Waals surface area contributed by atoms with Crippen LogP contribution in [0.15, 0.2) is 70.1 Å². The summed E-state index contributed by atoms with van der Waals surface area (Å²) in [6.07, 6.45) is 4.93. The van der Waals surface area contributed by atoms with E-state index in [0.717, 1.165) is 10.1 Å². The van der Waals surface area contributed by atoms with Crippen molar-refractivity contribution in [2.45, 2.75) is 39.3 Å². The normalized spacial score (nSPS) is 14.9. The fourth-order valence-corrected chi connectivity index (χ4v) is 3.98. The summed E-state index contributed by atoms with van der Waals surface area (Å²) in [5, 5.41) is 11.5. The molecule has 1 saturated heterocycles. The molecule has 0 bridgehead atoms. The molecule has 1 aliphatic rings. The Morgan fingerprint density at radius 3 is 2.55 bits per heavy atom. The van der Waals surface area contributed by atoms with Gasteiger partial charge in [0, 0.05) is 36.8 Å². The molecular weight excluding hydrogens is 549 g/mol. The molecule has 222 valence electrons. The van der Waals surface area contributed by atoms with Gasteiger partial charge in [-0.3, -0.25) is 19.2 Å². The van der Waals surface area contributed by atoms with E-state index in [2.05, 4.69) is 25.8 Å². The number of amides is 3. The molecule has 3 amide bonds. The second-order valence-corrected chi connectivity index (χ2v) is 9.50. The Hall–Kier alpha value is -5.07. The number of nitrogens with one attached hydrogen (secondary N) is 3. The van der Waals surface area contributed by atoms with Crippen LogP contribution in [0, 0.1) is 25.6 Å². The number of halogens is 1. The fraction of sp³-hybridized carbons (Fsp3) is 0.310. The standard InChI is InChI=1S/C22H25N5O7.C7H7F/c1-13-10-17(26-34-13)21(31)25-16-4-3-9-27(22(16)32)12-18(28)24-15(5-6-19(29)33-2)11-14-7-8-23-20(14)30;1-6-2-4-7(8)5-3-6/h3-6,9-10,14-15H,7-8,11-12H2,1-2H3,(H,23,30)(H,24,28)(H,25,31);2-5H,1H3/b6-5-;/t14-,15+;/m0./s1. The number of benzene rings is 1. The van der Waals surface area contributed by atoms with Gasteiger partial charge in [0.2, 0.25) is 11.8 Å². The number of carbonyl (C=O) groups is 4. The number of esters is 1. The van der Waals surface area contributed by atoms with Crippen LogP contribution >= 0.6 is 0 Å². The molecule has 0 unspecified atom stereocenters. The van der Waals surface area contributed by atoms with Crippen molar-refractivity contribution in [2.24, 2.45) is 5.92 Å². The molecule has 13 heteroatoms. The Morgan fingerprint density at radius 2 is 1.95 bits per heavy atom. The van der Waals surface area contributed by atoms with Crippen LogP contribution in [-0.2, 0) is 25.7 Å². The summed E-state index contributed by atoms with van der Waals surface area (Å²) >= 11 is 0. The van der Waals surface area contributed by atoms with E-state index in [1.165, 1.54) is 55.8 Å². The molecule has 12 nitrogen and oxygen atoms in total. The molecule has 0 aliphatic carbocycles. The van der Waals surface area contributed by atoms with Crippen LogP contribution < -0.4 is 21.5 Å². The van der Waals surface area contributed by atoms with Crippen LogP contribution in [0.5, 0.6) is 0 Å². The molecule has 4 rings (SSSR count). The second-order valence-electron chi connectivity index (χ2n) is 9.50. The van der Waals surface area contributed by atoms with Crippen LogP contribution in [0.2, 0.25) is 0 Å². The lowest BCUT2D eigenvalue weighted by Gasteiger charge is -2.18. The van der Waals surface area contributed by atoms with Crippen molar-refractivity contribution in [3.63, 3.8) is 0 Å². The smallest absolute Gasteiger partial charge is 0.330 e. The monoisotopic (exact) mass is 581 g/mol. The molecule has 2 atom stereocenters. The SMILES string of the molecule is COC(=O)/C=C\[C@H](C[C@@H]1CCNC1=O)NC(=O)Cn1cccc(NC(=O)c2cc(C)on2)c1=O.Cc1ccc(F)cc1. The quantitative estimate of drug-likeness (QED) is 0.256. The van der Waals surface area contributed by atoms with E-state index >= 15 is 0 Å². The molecule has 0 spiro atoms. The van der Waals surface area contributed by atoms with Gasteiger partial charge < -0.3 is 29.8 Å². The summed E-state index contributed by atoms with van der Waals surface area (Å²) in [5.74, 6) is -1.90. The van der Waals surface area contributed by atoms with Gasteiger partial charge in [-0.25, -0.2) is 9.18 Å². The zero-order valence-electron chi connectivity index (χ0n) is 23.4. The largest absolute Gasteiger partial charge is 0.466 e. The molecule has 2 aromatic heterocycles. The highest BCUT2D eigenvalue weighted by Gasteiger charge is 2.27. The highest BCUT2D eigenvalue weighted by Crippen LogP contribution is 2.17. The topological polar surface area (TPSA) is 162 Å². The first-order valence-electron chi connectivity index (χ1n) is 13.0. The second kappa shape index (κ2) is 15.1. The van der Waals surface area contributed by atoms with Gasteiger partial charge in [-0.15, -0.1) is 0 Å². The zero-order chi connectivity index (χ0) is 30.6. The number of pyridine rings is 1. The lowest BCUT2D eigenvalue weighted by atomic mass is 9.98. The van der Waals surface area contributed by atoms with Gasteiger partial charge in [0.1, 0.15) is 23.8 Å². The summed E-state index contributed by atoms with van der Waals surface area (Å²) in [4.78, 5) is 61.1. The number of carbonyl (C=O) groups excluding carboxylic acids is 4. The van der Waals surface area contributed by atoms with Gasteiger partial charge in [-0.2, -0.15) is 0 Å². The van der Waals surface area contributed by atoms with E-state index in [-0.39, 0.29) is 42.0 Å². The maximum Gasteiger partial charge on any atom is 0.330 e. The highest BCUT2D eigenvalue weighted by atomic mass is 19.1. The van der Waals surface area contributed by atoms with Crippen LogP contribution in [0.4, 0.5) is 10.1 Å². The third-order valence-corrected chi connectivity index (χ3v) is 6.17. The third-order valence-electron chi connectivity index (χ3n) is 6.17. The zero-order valence-corrected chi connectivity index (χ0v) is 23.4. The van der Waals surface area contributed by atoms with E-state index in [0.29, 0.717) is 18.7 Å². The van der Waals surface area contributed by atoms with Gasteiger partial charge in [-0.05, 0) is 51.0 Å². The van der Waals surface area contributed by atoms with Crippen molar-refractivity contribution in [2.75, 3.05) is 19.0 Å². The van der Waals surface area contributed by atoms with Crippen molar-refractivity contribution in [1.29, 1.82) is 0 Å². The Balaban J connectivity index is 0.000000521. The van der Waals surface area contributed by atoms with Crippen molar-refractivity contribution in [3.05, 3.63) is 94.0 Å². The maximum absolute atomic E-state index is 12.7. The molecule has 3 heterocycles. The Kier molecular flexibility index (Phi) is 11.3. The first-order chi connectivity index (χ1) is 20.0. The average Bonchev–Trinajstić information content (AvgIpc) is 3.58. The summed E-state index contributed by atoms with van der Waals surface area (Å²) in [6, 6.07) is 10.1. The van der Waals surface area contributed by atoms with E-state index in [9.17, 15) is 28.4 Å². The number of aromatic nitrogens is 2. The van der Waals surface area contributed by atoms with Crippen molar-refractivity contribution in [3.8, 4) is 0 Å². The first-order valence-corrected chi connectivity index (χ1v) is 13.0. The summed E-state index contributed by atoms with van der Waals surface area (Å²) in [5.41, 5.74) is 0.474. The van der Waals surface area contributed by atoms with Crippen molar-refractivity contribution < 1.29 is 32.8 Å². The third kappa shape index (κ3) is 9.54. The minimum Gasteiger partial charge on any atom is -0.466 e. The number of aryl methyl sites for hydroxylation is 2. The Morgan fingerprint density at radius 1 is 1.21 bits per heavy atom. The predicted octanol–water partition coefficient (Wildman–Crippen LogP) is 2.27. The molecule has 0 saturated carbocycles. The maximum atomic E-state index is 12.7. The molecule has 0 radical (unpaired) electrons. The number of hydrogen-bond donors (Lipinski definition) is 3. The van der Waals surface area contributed by atoms with Crippen LogP contribution in [0.25, 0.3) is 0 Å². The molecule has 1 aliphatic heterocycles. The minimum absolute atomic E-state index is 0.0150. The lowest BCUT2D eigenvalue weighted by Crippen LogP contribution is -2.40. The van der Waals surface area contributed by atoms with Crippen LogP contribution in [0.3, 0.4) is 0 Å². The highest BCUT2D eigenvalue weighted by molar-refractivity contribution is 6.02. The minimum atomic E-state index is -0.630. The fourth-order valence-electron chi connectivity index (χ4n) is 3.98. The molecule has 1 fully saturated rings. The number of methoxy groups -OCH3 is 1. The van der Waals surface area contributed by atoms with Gasteiger partial charge in [0.25, 0.3) is 11.5 Å². The average molecular weight is 582 g/mol. The Labute approximate surface area is 240 Å². The van der Waals surface area contributed by atoms with E-state index in [4.69, 9.17) is 4.52 Å². The van der Waals surface area contributed by atoms with E-state index < -0.39 is 29.4 Å². The van der Waals surface area contributed by atoms with E-state index in [1.807, 2.05) is 6.92 Å². The Bertz CT molecular complexity index is 1480. The summed E-state index contributed by atoms with van der Waals surface area (Å²) in [7, 11) is 1.23. The number of hydrogen-bond acceptors (Lipinski definition) is 8. The van der Waals surface area contributed by atoms with Crippen molar-refractivity contribution >= 4 is 29.4 Å². The summed E-state index contributed by atoms with van der Waals surface area (Å²) < 4.78 is 22.6. The van der Waals surface area contributed by atoms with Gasteiger partial charge in [-0.1, -0.05) is 28.9 Å². The van der Waals surface area contributed by atoms with Gasteiger partial charge >= 0.3 is 5.97 Å².